The van der Waals surface area contributed by atoms with E-state index in [1.807, 2.05) is 0 Å². The molecule has 24 heavy (non-hydrogen) atoms. The van der Waals surface area contributed by atoms with Crippen molar-refractivity contribution in [2.75, 3.05) is 26.2 Å². The summed E-state index contributed by atoms with van der Waals surface area (Å²) >= 11 is 0. The second-order valence-electron chi connectivity index (χ2n) is 6.85. The number of aliphatic imine (C=N–C) groups is 1. The second-order valence-corrected chi connectivity index (χ2v) is 6.85. The molecule has 0 aromatic heterocycles. The highest BCUT2D eigenvalue weighted by atomic mass is 127. The second kappa shape index (κ2) is 10.2. The number of guanidine groups is 1. The van der Waals surface area contributed by atoms with Crippen LogP contribution in [0.25, 0.3) is 0 Å². The fraction of sp³-hybridized carbons (Fsp3) is 0.632. The van der Waals surface area contributed by atoms with Gasteiger partial charge in [0.15, 0.2) is 5.96 Å². The van der Waals surface area contributed by atoms with Crippen LogP contribution in [0.15, 0.2) is 35.3 Å². The van der Waals surface area contributed by atoms with Gasteiger partial charge in [0.05, 0.1) is 6.54 Å². The predicted octanol–water partition coefficient (Wildman–Crippen LogP) is 3.46. The largest absolute Gasteiger partial charge is 0.370 e. The topological polar surface area (TPSA) is 44.9 Å². The molecule has 4 nitrogen and oxygen atoms in total. The molecule has 1 aromatic carbocycles. The van der Waals surface area contributed by atoms with Crippen LogP contribution in [-0.4, -0.2) is 48.0 Å². The number of benzene rings is 1. The van der Waals surface area contributed by atoms with E-state index in [-0.39, 0.29) is 24.0 Å². The lowest BCUT2D eigenvalue weighted by molar-refractivity contribution is 0.250. The summed E-state index contributed by atoms with van der Waals surface area (Å²) in [6.45, 7) is 5.21. The number of nitrogens with two attached hydrogens (primary N) is 1. The average Bonchev–Trinajstić information content (AvgIpc) is 2.84. The molecule has 2 aliphatic rings. The maximum Gasteiger partial charge on any atom is 0.191 e. The molecule has 2 fully saturated rings. The maximum atomic E-state index is 6.25. The summed E-state index contributed by atoms with van der Waals surface area (Å²) < 4.78 is 0. The van der Waals surface area contributed by atoms with Crippen molar-refractivity contribution in [2.45, 2.75) is 51.1 Å². The number of hydrogen-bond acceptors (Lipinski definition) is 2. The molecule has 0 radical (unpaired) electrons. The minimum atomic E-state index is 0. The zero-order chi connectivity index (χ0) is 15.9. The minimum Gasteiger partial charge on any atom is -0.370 e. The SMILES string of the molecule is I.NC(=NCC1CCCN1Cc1ccccc1)N1CCCCCC1. The Balaban J connectivity index is 0.00000208. The summed E-state index contributed by atoms with van der Waals surface area (Å²) in [6, 6.07) is 11.3. The van der Waals surface area contributed by atoms with Crippen LogP contribution in [0.5, 0.6) is 0 Å². The van der Waals surface area contributed by atoms with E-state index in [1.54, 1.807) is 0 Å². The lowest BCUT2D eigenvalue weighted by Gasteiger charge is -2.25. The summed E-state index contributed by atoms with van der Waals surface area (Å²) in [4.78, 5) is 9.59. The van der Waals surface area contributed by atoms with Gasteiger partial charge in [-0.05, 0) is 37.8 Å². The molecule has 1 unspecified atom stereocenters. The summed E-state index contributed by atoms with van der Waals surface area (Å²) in [5.74, 6) is 0.762. The zero-order valence-corrected chi connectivity index (χ0v) is 16.9. The molecule has 3 rings (SSSR count). The van der Waals surface area contributed by atoms with Gasteiger partial charge in [0.2, 0.25) is 0 Å². The van der Waals surface area contributed by atoms with Crippen molar-refractivity contribution in [2.24, 2.45) is 10.7 Å². The van der Waals surface area contributed by atoms with Crippen molar-refractivity contribution in [3.05, 3.63) is 35.9 Å². The molecule has 1 atom stereocenters. The fourth-order valence-electron chi connectivity index (χ4n) is 3.73. The van der Waals surface area contributed by atoms with E-state index < -0.39 is 0 Å². The number of rotatable bonds is 4. The van der Waals surface area contributed by atoms with Crippen molar-refractivity contribution in [1.29, 1.82) is 0 Å². The van der Waals surface area contributed by atoms with Gasteiger partial charge in [0.1, 0.15) is 0 Å². The van der Waals surface area contributed by atoms with Gasteiger partial charge in [-0.15, -0.1) is 24.0 Å². The van der Waals surface area contributed by atoms with E-state index in [9.17, 15) is 0 Å². The molecular weight excluding hydrogens is 411 g/mol. The molecule has 0 spiro atoms. The first-order chi connectivity index (χ1) is 11.3. The van der Waals surface area contributed by atoms with Gasteiger partial charge >= 0.3 is 0 Å². The van der Waals surface area contributed by atoms with Gasteiger partial charge in [-0.25, -0.2) is 0 Å². The number of nitrogens with zero attached hydrogens (tertiary/aromatic N) is 3. The monoisotopic (exact) mass is 442 g/mol. The summed E-state index contributed by atoms with van der Waals surface area (Å²) in [6.07, 6.45) is 7.67. The molecule has 134 valence electrons. The molecule has 0 saturated carbocycles. The van der Waals surface area contributed by atoms with Crippen LogP contribution in [-0.2, 0) is 6.54 Å². The van der Waals surface area contributed by atoms with E-state index in [1.165, 1.54) is 50.6 Å². The summed E-state index contributed by atoms with van der Waals surface area (Å²) in [7, 11) is 0. The third kappa shape index (κ3) is 5.62. The van der Waals surface area contributed by atoms with E-state index in [2.05, 4.69) is 40.1 Å². The van der Waals surface area contributed by atoms with Crippen LogP contribution in [0, 0.1) is 0 Å². The van der Waals surface area contributed by atoms with Gasteiger partial charge in [-0.2, -0.15) is 0 Å². The van der Waals surface area contributed by atoms with E-state index in [4.69, 9.17) is 10.7 Å². The highest BCUT2D eigenvalue weighted by Gasteiger charge is 2.24. The lowest BCUT2D eigenvalue weighted by Crippen LogP contribution is -2.39. The number of halogens is 1. The zero-order valence-electron chi connectivity index (χ0n) is 14.6. The van der Waals surface area contributed by atoms with Crippen LogP contribution in [0.4, 0.5) is 0 Å². The Labute approximate surface area is 163 Å². The van der Waals surface area contributed by atoms with Gasteiger partial charge in [-0.1, -0.05) is 43.2 Å². The van der Waals surface area contributed by atoms with Crippen molar-refractivity contribution in [3.63, 3.8) is 0 Å². The highest BCUT2D eigenvalue weighted by Crippen LogP contribution is 2.20. The molecule has 0 bridgehead atoms. The molecule has 2 N–H and O–H groups in total. The molecule has 0 amide bonds. The van der Waals surface area contributed by atoms with E-state index in [0.717, 1.165) is 32.1 Å². The molecule has 2 saturated heterocycles. The third-order valence-corrected chi connectivity index (χ3v) is 5.12. The maximum absolute atomic E-state index is 6.25. The highest BCUT2D eigenvalue weighted by molar-refractivity contribution is 14.0. The molecule has 5 heteroatoms. The van der Waals surface area contributed by atoms with Crippen LogP contribution < -0.4 is 5.73 Å². The fourth-order valence-corrected chi connectivity index (χ4v) is 3.73. The standard InChI is InChI=1S/C19H30N4.HI/c20-19(22-12-6-1-2-7-13-22)21-15-18-11-8-14-23(18)16-17-9-4-3-5-10-17;/h3-5,9-10,18H,1-2,6-8,11-16H2,(H2,20,21);1H. The minimum absolute atomic E-state index is 0. The van der Waals surface area contributed by atoms with Crippen LogP contribution in [0.3, 0.4) is 0 Å². The van der Waals surface area contributed by atoms with Gasteiger partial charge < -0.3 is 10.6 Å². The molecule has 1 aromatic rings. The summed E-state index contributed by atoms with van der Waals surface area (Å²) in [5.41, 5.74) is 7.64. The smallest absolute Gasteiger partial charge is 0.191 e. The van der Waals surface area contributed by atoms with Crippen molar-refractivity contribution < 1.29 is 0 Å². The Morgan fingerprint density at radius 3 is 2.42 bits per heavy atom. The first kappa shape index (κ1) is 19.5. The normalized spacial score (nSPS) is 22.9. The van der Waals surface area contributed by atoms with Crippen molar-refractivity contribution >= 4 is 29.9 Å². The quantitative estimate of drug-likeness (QED) is 0.442. The Kier molecular flexibility index (Phi) is 8.32. The van der Waals surface area contributed by atoms with Crippen molar-refractivity contribution in [1.82, 2.24) is 9.80 Å². The van der Waals surface area contributed by atoms with E-state index in [0.29, 0.717) is 6.04 Å². The Morgan fingerprint density at radius 1 is 1.00 bits per heavy atom. The Hall–Kier alpha value is -0.820. The number of likely N-dealkylation sites (tertiary alicyclic amines) is 2. The van der Waals surface area contributed by atoms with Gasteiger partial charge in [0.25, 0.3) is 0 Å². The average molecular weight is 442 g/mol. The Bertz CT molecular complexity index is 497. The van der Waals surface area contributed by atoms with E-state index >= 15 is 0 Å². The molecule has 2 heterocycles. The van der Waals surface area contributed by atoms with Crippen LogP contribution in [0.1, 0.15) is 44.1 Å². The lowest BCUT2D eigenvalue weighted by atomic mass is 10.2. The first-order valence-corrected chi connectivity index (χ1v) is 9.16. The third-order valence-electron chi connectivity index (χ3n) is 5.12. The molecule has 0 aliphatic carbocycles. The summed E-state index contributed by atoms with van der Waals surface area (Å²) in [5, 5.41) is 0. The van der Waals surface area contributed by atoms with Gasteiger partial charge in [-0.3, -0.25) is 9.89 Å². The first-order valence-electron chi connectivity index (χ1n) is 9.16. The molecule has 2 aliphatic heterocycles. The van der Waals surface area contributed by atoms with Gasteiger partial charge in [0, 0.05) is 25.7 Å². The number of hydrogen-bond donors (Lipinski definition) is 1. The van der Waals surface area contributed by atoms with Crippen LogP contribution in [0.2, 0.25) is 0 Å². The Morgan fingerprint density at radius 2 is 1.71 bits per heavy atom. The van der Waals surface area contributed by atoms with Crippen LogP contribution >= 0.6 is 24.0 Å². The van der Waals surface area contributed by atoms with Crippen molar-refractivity contribution in [3.8, 4) is 0 Å². The predicted molar refractivity (Wildman–Crippen MR) is 112 cm³/mol. The molecular formula is C19H31IN4.